The van der Waals surface area contributed by atoms with Gasteiger partial charge in [0.2, 0.25) is 5.60 Å². The van der Waals surface area contributed by atoms with Crippen molar-refractivity contribution >= 4 is 29.5 Å². The number of ether oxygens (including phenoxy) is 3. The predicted octanol–water partition coefficient (Wildman–Crippen LogP) is 4.64. The summed E-state index contributed by atoms with van der Waals surface area (Å²) >= 11 is 5.73. The summed E-state index contributed by atoms with van der Waals surface area (Å²) in [5, 5.41) is 11.5. The van der Waals surface area contributed by atoms with Crippen molar-refractivity contribution in [1.29, 1.82) is 0 Å². The maximum Gasteiger partial charge on any atom is 0.509 e. The monoisotopic (exact) mass is 512 g/mol. The van der Waals surface area contributed by atoms with E-state index < -0.39 is 70.3 Å². The highest BCUT2D eigenvalue weighted by Gasteiger charge is 2.78. The molecule has 0 spiro atoms. The lowest BCUT2D eigenvalue weighted by Crippen LogP contribution is -2.70. The van der Waals surface area contributed by atoms with Crippen LogP contribution >= 0.6 is 11.6 Å². The first-order chi connectivity index (χ1) is 16.3. The van der Waals surface area contributed by atoms with Crippen molar-refractivity contribution in [3.63, 3.8) is 0 Å². The SMILES string of the molecule is CC(C)OC(=O)O[C@]1(C(=O)OCCl)[C@@H](C)C[C@H]2[C@@H]3CCC4=CC(=O)C=C[C@]4(C)[C@@]3(F)[C@@H](O)C[C@@]21C. The number of fused-ring (bicyclic) bond motifs is 5. The van der Waals surface area contributed by atoms with Crippen LogP contribution in [0.5, 0.6) is 0 Å². The third kappa shape index (κ3) is 3.42. The minimum absolute atomic E-state index is 0.147. The van der Waals surface area contributed by atoms with E-state index in [2.05, 4.69) is 0 Å². The van der Waals surface area contributed by atoms with E-state index in [1.807, 2.05) is 0 Å². The van der Waals surface area contributed by atoms with Gasteiger partial charge in [-0.3, -0.25) is 4.79 Å². The molecule has 3 fully saturated rings. The van der Waals surface area contributed by atoms with Gasteiger partial charge in [0.25, 0.3) is 0 Å². The number of carbonyl (C=O) groups excluding carboxylic acids is 3. The number of hydrogen-bond acceptors (Lipinski definition) is 7. The molecule has 0 saturated heterocycles. The lowest BCUT2D eigenvalue weighted by molar-refractivity contribution is -0.230. The smallest absolute Gasteiger partial charge is 0.446 e. The summed E-state index contributed by atoms with van der Waals surface area (Å²) in [6.45, 7) is 8.57. The molecule has 0 aromatic carbocycles. The Morgan fingerprint density at radius 2 is 1.97 bits per heavy atom. The van der Waals surface area contributed by atoms with Crippen LogP contribution in [0.2, 0.25) is 0 Å². The highest BCUT2D eigenvalue weighted by Crippen LogP contribution is 2.71. The van der Waals surface area contributed by atoms with Crippen LogP contribution in [0.3, 0.4) is 0 Å². The zero-order chi connectivity index (χ0) is 26.0. The number of rotatable bonds is 4. The van der Waals surface area contributed by atoms with Crippen LogP contribution in [-0.2, 0) is 23.8 Å². The molecule has 35 heavy (non-hydrogen) atoms. The number of ketones is 1. The molecule has 0 aromatic rings. The van der Waals surface area contributed by atoms with Gasteiger partial charge < -0.3 is 19.3 Å². The molecule has 9 heteroatoms. The molecule has 4 aliphatic carbocycles. The molecule has 0 amide bonds. The van der Waals surface area contributed by atoms with E-state index in [1.54, 1.807) is 40.7 Å². The van der Waals surface area contributed by atoms with Crippen LogP contribution in [0.15, 0.2) is 23.8 Å². The van der Waals surface area contributed by atoms with E-state index in [4.69, 9.17) is 25.8 Å². The van der Waals surface area contributed by atoms with Crippen LogP contribution in [0.4, 0.5) is 9.18 Å². The molecule has 0 aromatic heterocycles. The first-order valence-corrected chi connectivity index (χ1v) is 12.8. The number of aliphatic hydroxyl groups is 1. The van der Waals surface area contributed by atoms with Crippen LogP contribution in [0, 0.1) is 28.6 Å². The predicted molar refractivity (Wildman–Crippen MR) is 125 cm³/mol. The Hall–Kier alpha value is -1.93. The number of halogens is 2. The maximum atomic E-state index is 17.3. The molecule has 7 nitrogen and oxygen atoms in total. The number of allylic oxidation sites excluding steroid dienone is 4. The van der Waals surface area contributed by atoms with Crippen molar-refractivity contribution in [2.24, 2.45) is 28.6 Å². The number of carbonyl (C=O) groups is 3. The van der Waals surface area contributed by atoms with E-state index in [-0.39, 0.29) is 12.2 Å². The number of hydrogen-bond donors (Lipinski definition) is 1. The van der Waals surface area contributed by atoms with Gasteiger partial charge in [-0.25, -0.2) is 14.0 Å². The van der Waals surface area contributed by atoms with Crippen molar-refractivity contribution in [2.75, 3.05) is 6.07 Å². The van der Waals surface area contributed by atoms with Gasteiger partial charge in [0, 0.05) is 22.7 Å². The van der Waals surface area contributed by atoms with Gasteiger partial charge >= 0.3 is 12.1 Å². The molecular weight excluding hydrogens is 479 g/mol. The van der Waals surface area contributed by atoms with Crippen molar-refractivity contribution < 1.29 is 38.1 Å². The minimum Gasteiger partial charge on any atom is -0.446 e. The van der Waals surface area contributed by atoms with Gasteiger partial charge in [-0.15, -0.1) is 0 Å². The second-order valence-corrected chi connectivity index (χ2v) is 11.4. The van der Waals surface area contributed by atoms with Crippen LogP contribution in [-0.4, -0.2) is 52.6 Å². The summed E-state index contributed by atoms with van der Waals surface area (Å²) < 4.78 is 33.5. The van der Waals surface area contributed by atoms with E-state index >= 15 is 4.39 Å². The number of aliphatic hydroxyl groups excluding tert-OH is 1. The first-order valence-electron chi connectivity index (χ1n) is 12.2. The van der Waals surface area contributed by atoms with Gasteiger partial charge in [0.05, 0.1) is 12.2 Å². The maximum absolute atomic E-state index is 17.3. The molecule has 4 rings (SSSR count). The Bertz CT molecular complexity index is 994. The van der Waals surface area contributed by atoms with Crippen molar-refractivity contribution in [3.8, 4) is 0 Å². The van der Waals surface area contributed by atoms with E-state index in [9.17, 15) is 19.5 Å². The minimum atomic E-state index is -2.07. The third-order valence-electron chi connectivity index (χ3n) is 9.25. The lowest BCUT2D eigenvalue weighted by atomic mass is 9.44. The Morgan fingerprint density at radius 1 is 1.29 bits per heavy atom. The first kappa shape index (κ1) is 26.1. The fraction of sp³-hybridized carbons (Fsp3) is 0.731. The van der Waals surface area contributed by atoms with Crippen molar-refractivity contribution in [1.82, 2.24) is 0 Å². The normalized spacial score (nSPS) is 44.1. The molecule has 1 N–H and O–H groups in total. The molecule has 0 unspecified atom stereocenters. The van der Waals surface area contributed by atoms with E-state index in [0.29, 0.717) is 24.8 Å². The highest BCUT2D eigenvalue weighted by molar-refractivity contribution is 6.17. The fourth-order valence-corrected chi connectivity index (χ4v) is 7.83. The molecule has 0 heterocycles. The summed E-state index contributed by atoms with van der Waals surface area (Å²) in [6.07, 6.45) is 2.53. The van der Waals surface area contributed by atoms with Crippen LogP contribution in [0.25, 0.3) is 0 Å². The molecule has 0 bridgehead atoms. The number of alkyl halides is 2. The summed E-state index contributed by atoms with van der Waals surface area (Å²) in [5.41, 5.74) is -5.51. The molecule has 0 radical (unpaired) electrons. The Kier molecular flexibility index (Phi) is 6.41. The van der Waals surface area contributed by atoms with Gasteiger partial charge in [-0.1, -0.05) is 37.1 Å². The molecule has 4 aliphatic rings. The molecule has 0 aliphatic heterocycles. The van der Waals surface area contributed by atoms with Gasteiger partial charge in [-0.2, -0.15) is 0 Å². The summed E-state index contributed by atoms with van der Waals surface area (Å²) in [6, 6.07) is -0.444. The fourth-order valence-electron chi connectivity index (χ4n) is 7.73. The van der Waals surface area contributed by atoms with Gasteiger partial charge in [0.1, 0.15) is 0 Å². The summed E-state index contributed by atoms with van der Waals surface area (Å²) in [4.78, 5) is 38.2. The zero-order valence-corrected chi connectivity index (χ0v) is 21.6. The average Bonchev–Trinajstić information content (AvgIpc) is 2.97. The van der Waals surface area contributed by atoms with Gasteiger partial charge in [-0.05, 0) is 64.5 Å². The molecule has 194 valence electrons. The molecule has 3 saturated carbocycles. The molecule has 8 atom stereocenters. The topological polar surface area (TPSA) is 99.1 Å². The van der Waals surface area contributed by atoms with Gasteiger partial charge in [0.15, 0.2) is 17.5 Å². The standard InChI is InChI=1S/C26H34ClFO7/c1-14(2)34-22(32)35-26(21(31)33-13-27)15(3)10-19-18-7-6-16-11-17(29)8-9-23(16,4)25(18,28)20(30)12-24(19,26)5/h8-9,11,14-15,18-20,30H,6-7,10,12-13H2,1-5H3/t15-,18-,19-,20-,23-,24-,25-,26-/m0/s1. The largest absolute Gasteiger partial charge is 0.509 e. The third-order valence-corrected chi connectivity index (χ3v) is 9.36. The van der Waals surface area contributed by atoms with Crippen molar-refractivity contribution in [3.05, 3.63) is 23.8 Å². The second kappa shape index (κ2) is 8.58. The Morgan fingerprint density at radius 3 is 2.60 bits per heavy atom. The van der Waals surface area contributed by atoms with E-state index in [0.717, 1.165) is 0 Å². The summed E-state index contributed by atoms with van der Waals surface area (Å²) in [7, 11) is 0. The second-order valence-electron chi connectivity index (χ2n) is 11.2. The van der Waals surface area contributed by atoms with E-state index in [1.165, 1.54) is 12.2 Å². The average molecular weight is 513 g/mol. The van der Waals surface area contributed by atoms with Crippen LogP contribution < -0.4 is 0 Å². The Labute approximate surface area is 210 Å². The quantitative estimate of drug-likeness (QED) is 0.432. The van der Waals surface area contributed by atoms with Crippen molar-refractivity contribution in [2.45, 2.75) is 83.8 Å². The van der Waals surface area contributed by atoms with Crippen LogP contribution in [0.1, 0.15) is 60.3 Å². The summed E-state index contributed by atoms with van der Waals surface area (Å²) in [5.74, 6) is -2.62. The number of esters is 1. The lowest BCUT2D eigenvalue weighted by Gasteiger charge is -2.62. The zero-order valence-electron chi connectivity index (χ0n) is 20.8. The molecular formula is C26H34ClFO7. The highest BCUT2D eigenvalue weighted by atomic mass is 35.5. The Balaban J connectivity index is 1.82.